The summed E-state index contributed by atoms with van der Waals surface area (Å²) in [6.45, 7) is 6.64. The molecule has 0 atom stereocenters. The van der Waals surface area contributed by atoms with Gasteiger partial charge in [-0.15, -0.1) is 5.54 Å². The molecule has 0 radical (unpaired) electrons. The lowest BCUT2D eigenvalue weighted by Gasteiger charge is -2.11. The molecule has 3 nitrogen and oxygen atoms in total. The van der Waals surface area contributed by atoms with E-state index in [0.717, 1.165) is 12.8 Å². The van der Waals surface area contributed by atoms with E-state index in [9.17, 15) is 0 Å². The molecule has 18 heavy (non-hydrogen) atoms. The summed E-state index contributed by atoms with van der Waals surface area (Å²) < 4.78 is 5.82. The van der Waals surface area contributed by atoms with Crippen molar-refractivity contribution < 1.29 is 4.74 Å². The molecule has 1 aliphatic rings. The maximum absolute atomic E-state index is 5.82. The highest BCUT2D eigenvalue weighted by Crippen LogP contribution is 2.22. The lowest BCUT2D eigenvalue weighted by atomic mass is 10.3. The molecule has 4 heteroatoms. The number of nitrogens with zero attached hydrogens (tertiary/aromatic N) is 2. The van der Waals surface area contributed by atoms with Crippen molar-refractivity contribution in [3.63, 3.8) is 0 Å². The second-order valence-electron chi connectivity index (χ2n) is 5.77. The minimum absolute atomic E-state index is 0.319. The Balaban J connectivity index is 2.06. The van der Waals surface area contributed by atoms with Gasteiger partial charge in [0.15, 0.2) is 0 Å². The summed E-state index contributed by atoms with van der Waals surface area (Å²) in [6, 6.07) is 0. The number of hydrogen-bond donors (Lipinski definition) is 0. The fourth-order valence-electron chi connectivity index (χ4n) is 1.89. The van der Waals surface area contributed by atoms with Gasteiger partial charge < -0.3 is 4.74 Å². The highest BCUT2D eigenvalue weighted by Gasteiger charge is 2.17. The fourth-order valence-corrected chi connectivity index (χ4v) is 2.40. The predicted octanol–water partition coefficient (Wildman–Crippen LogP) is 3.03. The van der Waals surface area contributed by atoms with E-state index in [1.807, 2.05) is 0 Å². The van der Waals surface area contributed by atoms with Crippen LogP contribution in [0.4, 0.5) is 0 Å². The lowest BCUT2D eigenvalue weighted by Crippen LogP contribution is -2.16. The molecule has 1 aliphatic carbocycles. The second-order valence-corrected chi connectivity index (χ2v) is 10.5. The highest BCUT2D eigenvalue weighted by atomic mass is 28.3. The molecule has 0 N–H and O–H groups in total. The largest absolute Gasteiger partial charge is 0.473 e. The zero-order valence-corrected chi connectivity index (χ0v) is 12.4. The molecular formula is C14H20N2OSi. The second kappa shape index (κ2) is 5.53. The maximum atomic E-state index is 5.82. The van der Waals surface area contributed by atoms with Gasteiger partial charge in [0.25, 0.3) is 0 Å². The smallest absolute Gasteiger partial charge is 0.233 e. The van der Waals surface area contributed by atoms with Gasteiger partial charge in [0.2, 0.25) is 5.88 Å². The van der Waals surface area contributed by atoms with Crippen LogP contribution in [0.3, 0.4) is 0 Å². The molecule has 96 valence electrons. The van der Waals surface area contributed by atoms with Crippen LogP contribution in [0.5, 0.6) is 5.88 Å². The topological polar surface area (TPSA) is 35.0 Å². The van der Waals surface area contributed by atoms with E-state index in [0.29, 0.717) is 17.7 Å². The molecule has 1 saturated carbocycles. The van der Waals surface area contributed by atoms with Crippen LogP contribution in [0.2, 0.25) is 19.6 Å². The van der Waals surface area contributed by atoms with Crippen molar-refractivity contribution in [2.24, 2.45) is 0 Å². The first kappa shape index (κ1) is 13.1. The van der Waals surface area contributed by atoms with Crippen LogP contribution in [0, 0.1) is 11.5 Å². The van der Waals surface area contributed by atoms with Crippen molar-refractivity contribution in [2.45, 2.75) is 51.4 Å². The fraction of sp³-hybridized carbons (Fsp3) is 0.571. The Morgan fingerprint density at radius 3 is 2.61 bits per heavy atom. The minimum atomic E-state index is -1.36. The van der Waals surface area contributed by atoms with E-state index in [1.165, 1.54) is 12.8 Å². The molecule has 0 bridgehead atoms. The van der Waals surface area contributed by atoms with E-state index in [2.05, 4.69) is 41.1 Å². The SMILES string of the molecule is C[Si](C)(C)C#Cc1cncc(OC2CCCC2)n1. The first-order valence-corrected chi connectivity index (χ1v) is 10.0. The van der Waals surface area contributed by atoms with Crippen molar-refractivity contribution in [2.75, 3.05) is 0 Å². The summed E-state index contributed by atoms with van der Waals surface area (Å²) in [5.41, 5.74) is 4.01. The van der Waals surface area contributed by atoms with Gasteiger partial charge in [0.05, 0.1) is 12.4 Å². The van der Waals surface area contributed by atoms with Gasteiger partial charge in [-0.05, 0) is 25.7 Å². The van der Waals surface area contributed by atoms with Gasteiger partial charge in [-0.3, -0.25) is 4.98 Å². The lowest BCUT2D eigenvalue weighted by molar-refractivity contribution is 0.200. The van der Waals surface area contributed by atoms with Crippen LogP contribution < -0.4 is 4.74 Å². The molecule has 0 aromatic carbocycles. The standard InChI is InChI=1S/C14H20N2OSi/c1-18(2,3)9-8-12-10-15-11-14(16-12)17-13-6-4-5-7-13/h10-11,13H,4-7H2,1-3H3. The Bertz CT molecular complexity index is 465. The molecule has 0 amide bonds. The summed E-state index contributed by atoms with van der Waals surface area (Å²) in [5, 5.41) is 0. The van der Waals surface area contributed by atoms with Crippen LogP contribution >= 0.6 is 0 Å². The van der Waals surface area contributed by atoms with Crippen LogP contribution in [-0.2, 0) is 0 Å². The van der Waals surface area contributed by atoms with Gasteiger partial charge >= 0.3 is 0 Å². The molecule has 1 heterocycles. The average Bonchev–Trinajstić information content (AvgIpc) is 2.79. The predicted molar refractivity (Wildman–Crippen MR) is 75.1 cm³/mol. The molecule has 0 saturated heterocycles. The third-order valence-electron chi connectivity index (χ3n) is 2.77. The minimum Gasteiger partial charge on any atom is -0.473 e. The molecular weight excluding hydrogens is 240 g/mol. The van der Waals surface area contributed by atoms with Gasteiger partial charge in [-0.25, -0.2) is 4.98 Å². The highest BCUT2D eigenvalue weighted by molar-refractivity contribution is 6.83. The Hall–Kier alpha value is -1.34. The number of hydrogen-bond acceptors (Lipinski definition) is 3. The summed E-state index contributed by atoms with van der Waals surface area (Å²) in [6.07, 6.45) is 8.48. The Morgan fingerprint density at radius 2 is 1.94 bits per heavy atom. The Kier molecular flexibility index (Phi) is 4.03. The quantitative estimate of drug-likeness (QED) is 0.605. The van der Waals surface area contributed by atoms with Crippen molar-refractivity contribution in [3.05, 3.63) is 18.1 Å². The molecule has 2 rings (SSSR count). The first-order chi connectivity index (χ1) is 8.53. The molecule has 1 aromatic heterocycles. The summed E-state index contributed by atoms with van der Waals surface area (Å²) in [7, 11) is -1.36. The van der Waals surface area contributed by atoms with E-state index < -0.39 is 8.07 Å². The maximum Gasteiger partial charge on any atom is 0.233 e. The number of rotatable bonds is 2. The molecule has 0 aliphatic heterocycles. The Labute approximate surface area is 110 Å². The van der Waals surface area contributed by atoms with Gasteiger partial charge in [-0.1, -0.05) is 25.6 Å². The summed E-state index contributed by atoms with van der Waals surface area (Å²) in [4.78, 5) is 8.56. The van der Waals surface area contributed by atoms with Crippen LogP contribution in [0.1, 0.15) is 31.4 Å². The molecule has 0 unspecified atom stereocenters. The zero-order chi connectivity index (χ0) is 13.0. The van der Waals surface area contributed by atoms with E-state index in [1.54, 1.807) is 12.4 Å². The van der Waals surface area contributed by atoms with Crippen LogP contribution in [-0.4, -0.2) is 24.1 Å². The third kappa shape index (κ3) is 4.15. The number of ether oxygens (including phenoxy) is 1. The van der Waals surface area contributed by atoms with Crippen LogP contribution in [0.25, 0.3) is 0 Å². The van der Waals surface area contributed by atoms with Crippen molar-refractivity contribution in [1.82, 2.24) is 9.97 Å². The monoisotopic (exact) mass is 260 g/mol. The van der Waals surface area contributed by atoms with Gasteiger partial charge in [0, 0.05) is 0 Å². The zero-order valence-electron chi connectivity index (χ0n) is 11.4. The van der Waals surface area contributed by atoms with E-state index >= 15 is 0 Å². The Morgan fingerprint density at radius 1 is 1.22 bits per heavy atom. The van der Waals surface area contributed by atoms with Crippen molar-refractivity contribution >= 4 is 8.07 Å². The van der Waals surface area contributed by atoms with Crippen LogP contribution in [0.15, 0.2) is 12.4 Å². The summed E-state index contributed by atoms with van der Waals surface area (Å²) >= 11 is 0. The van der Waals surface area contributed by atoms with Crippen molar-refractivity contribution in [1.29, 1.82) is 0 Å². The van der Waals surface area contributed by atoms with Gasteiger partial charge in [-0.2, -0.15) is 0 Å². The normalized spacial score (nSPS) is 16.2. The average molecular weight is 260 g/mol. The summed E-state index contributed by atoms with van der Waals surface area (Å²) in [5.74, 6) is 3.72. The van der Waals surface area contributed by atoms with E-state index in [4.69, 9.17) is 4.74 Å². The third-order valence-corrected chi connectivity index (χ3v) is 3.64. The van der Waals surface area contributed by atoms with Crippen molar-refractivity contribution in [3.8, 4) is 17.3 Å². The first-order valence-electron chi connectivity index (χ1n) is 6.55. The number of aromatic nitrogens is 2. The molecule has 1 fully saturated rings. The molecule has 0 spiro atoms. The van der Waals surface area contributed by atoms with Gasteiger partial charge in [0.1, 0.15) is 19.9 Å². The van der Waals surface area contributed by atoms with E-state index in [-0.39, 0.29) is 0 Å². The molecule has 1 aromatic rings.